The van der Waals surface area contributed by atoms with E-state index in [1.54, 1.807) is 12.3 Å². The molecule has 0 unspecified atom stereocenters. The predicted molar refractivity (Wildman–Crippen MR) is 125 cm³/mol. The van der Waals surface area contributed by atoms with Gasteiger partial charge in [0.25, 0.3) is 0 Å². The van der Waals surface area contributed by atoms with Crippen LogP contribution in [0.3, 0.4) is 0 Å². The van der Waals surface area contributed by atoms with Crippen molar-refractivity contribution < 1.29 is 28.2 Å². The molecule has 1 saturated heterocycles. The summed E-state index contributed by atoms with van der Waals surface area (Å²) in [6, 6.07) is 9.74. The van der Waals surface area contributed by atoms with E-state index < -0.39 is 36.1 Å². The van der Waals surface area contributed by atoms with Gasteiger partial charge in [0.2, 0.25) is 5.71 Å². The van der Waals surface area contributed by atoms with Gasteiger partial charge in [0.1, 0.15) is 25.0 Å². The zero-order chi connectivity index (χ0) is 24.9. The van der Waals surface area contributed by atoms with Crippen LogP contribution in [0.1, 0.15) is 56.7 Å². The van der Waals surface area contributed by atoms with Gasteiger partial charge in [-0.15, -0.1) is 0 Å². The quantitative estimate of drug-likeness (QED) is 0.393. The summed E-state index contributed by atoms with van der Waals surface area (Å²) in [4.78, 5) is 39.4. The number of carbonyl (C=O) groups is 2. The van der Waals surface area contributed by atoms with Gasteiger partial charge in [-0.05, 0) is 30.0 Å². The van der Waals surface area contributed by atoms with Gasteiger partial charge in [-0.2, -0.15) is 4.98 Å². The molecule has 0 N–H and O–H groups in total. The molecule has 0 aliphatic carbocycles. The molecule has 0 amide bonds. The summed E-state index contributed by atoms with van der Waals surface area (Å²) in [6.07, 6.45) is 1.76. The highest BCUT2D eigenvalue weighted by atomic mass is 16.6. The zero-order valence-electron chi connectivity index (χ0n) is 19.8. The molecular formula is C26H26N2O7. The lowest BCUT2D eigenvalue weighted by atomic mass is 10.1. The maximum absolute atomic E-state index is 12.7. The van der Waals surface area contributed by atoms with Crippen molar-refractivity contribution in [2.75, 3.05) is 6.61 Å². The molecule has 1 aliphatic rings. The van der Waals surface area contributed by atoms with E-state index in [1.807, 2.05) is 12.1 Å². The molecule has 0 saturated carbocycles. The Hall–Kier alpha value is -3.90. The van der Waals surface area contributed by atoms with Gasteiger partial charge in [0.15, 0.2) is 5.76 Å². The number of ether oxygens (including phenoxy) is 3. The number of carbonyl (C=O) groups excluding carboxylic acids is 2. The first-order valence-electron chi connectivity index (χ1n) is 11.4. The number of aryl methyl sites for hydroxylation is 1. The van der Waals surface area contributed by atoms with E-state index in [2.05, 4.69) is 35.9 Å². The topological polar surface area (TPSA) is 110 Å². The first-order valence-corrected chi connectivity index (χ1v) is 11.4. The van der Waals surface area contributed by atoms with Gasteiger partial charge in [-0.3, -0.25) is 14.2 Å². The van der Waals surface area contributed by atoms with Crippen LogP contribution in [-0.4, -0.2) is 40.3 Å². The Morgan fingerprint density at radius 1 is 1.17 bits per heavy atom. The highest BCUT2D eigenvalue weighted by molar-refractivity contribution is 5.74. The number of esters is 2. The third-order valence-corrected chi connectivity index (χ3v) is 5.52. The highest BCUT2D eigenvalue weighted by Gasteiger charge is 2.39. The van der Waals surface area contributed by atoms with Crippen LogP contribution >= 0.6 is 0 Å². The molecule has 3 heterocycles. The number of furan rings is 1. The van der Waals surface area contributed by atoms with Gasteiger partial charge >= 0.3 is 17.6 Å². The van der Waals surface area contributed by atoms with E-state index in [-0.39, 0.29) is 18.7 Å². The van der Waals surface area contributed by atoms with Crippen molar-refractivity contribution in [2.24, 2.45) is 0 Å². The third-order valence-electron chi connectivity index (χ3n) is 5.52. The van der Waals surface area contributed by atoms with Gasteiger partial charge < -0.3 is 18.6 Å². The first-order chi connectivity index (χ1) is 16.8. The molecule has 9 heteroatoms. The molecule has 0 bridgehead atoms. The number of nitrogens with zero attached hydrogens (tertiary/aromatic N) is 2. The van der Waals surface area contributed by atoms with E-state index in [9.17, 15) is 14.4 Å². The molecule has 9 nitrogen and oxygen atoms in total. The maximum atomic E-state index is 12.7. The molecule has 2 aromatic heterocycles. The van der Waals surface area contributed by atoms with Gasteiger partial charge in [-0.25, -0.2) is 4.79 Å². The summed E-state index contributed by atoms with van der Waals surface area (Å²) >= 11 is 0. The molecule has 1 aromatic carbocycles. The van der Waals surface area contributed by atoms with E-state index in [4.69, 9.17) is 18.6 Å². The van der Waals surface area contributed by atoms with Crippen LogP contribution in [0.5, 0.6) is 0 Å². The van der Waals surface area contributed by atoms with Crippen molar-refractivity contribution >= 4 is 23.0 Å². The standard InChI is InChI=1S/C26H26N2O7/c1-4-5-18-6-8-19(9-7-18)10-11-21-12-20-14-28(26(31)27-25(20)34-21)24-13-22(33-17(3)30)23(35-24)15-32-16(2)29/h6-9,12,14,22-24H,4-5,13,15H2,1-3H3/t22-,23+,24+/m0/s1. The van der Waals surface area contributed by atoms with Crippen LogP contribution in [-0.2, 0) is 30.2 Å². The minimum atomic E-state index is -0.754. The van der Waals surface area contributed by atoms with Crippen LogP contribution in [0.4, 0.5) is 0 Å². The predicted octanol–water partition coefficient (Wildman–Crippen LogP) is 3.12. The zero-order valence-corrected chi connectivity index (χ0v) is 19.8. The Morgan fingerprint density at radius 2 is 1.94 bits per heavy atom. The Balaban J connectivity index is 1.55. The van der Waals surface area contributed by atoms with Crippen LogP contribution in [0.15, 0.2) is 45.7 Å². The average molecular weight is 479 g/mol. The van der Waals surface area contributed by atoms with Gasteiger partial charge in [-0.1, -0.05) is 31.4 Å². The van der Waals surface area contributed by atoms with Crippen molar-refractivity contribution in [3.8, 4) is 11.8 Å². The summed E-state index contributed by atoms with van der Waals surface area (Å²) in [5, 5.41) is 0.572. The number of rotatable bonds is 6. The molecule has 3 aromatic rings. The Labute approximate surface area is 202 Å². The number of hydrogen-bond donors (Lipinski definition) is 0. The fourth-order valence-electron chi connectivity index (χ4n) is 3.93. The molecule has 35 heavy (non-hydrogen) atoms. The number of benzene rings is 1. The largest absolute Gasteiger partial charge is 0.463 e. The lowest BCUT2D eigenvalue weighted by molar-refractivity contribution is -0.155. The maximum Gasteiger partial charge on any atom is 0.353 e. The van der Waals surface area contributed by atoms with Crippen LogP contribution in [0.25, 0.3) is 11.1 Å². The fraction of sp³-hybridized carbons (Fsp3) is 0.385. The van der Waals surface area contributed by atoms with Crippen molar-refractivity contribution in [3.05, 3.63) is 63.9 Å². The summed E-state index contributed by atoms with van der Waals surface area (Å²) in [5.74, 6) is 5.42. The van der Waals surface area contributed by atoms with Crippen molar-refractivity contribution in [2.45, 2.75) is 58.5 Å². The van der Waals surface area contributed by atoms with Gasteiger partial charge in [0.05, 0.1) is 5.39 Å². The van der Waals surface area contributed by atoms with Crippen LogP contribution < -0.4 is 5.69 Å². The summed E-state index contributed by atoms with van der Waals surface area (Å²) < 4.78 is 23.2. The lowest BCUT2D eigenvalue weighted by Gasteiger charge is -2.17. The molecule has 0 radical (unpaired) electrons. The second kappa shape index (κ2) is 10.6. The SMILES string of the molecule is CCCc1ccc(C#Cc2cc3cn([C@H]4C[C@H](OC(C)=O)[C@@H](COC(C)=O)O4)c(=O)nc3o2)cc1. The molecule has 182 valence electrons. The monoisotopic (exact) mass is 478 g/mol. The fourth-order valence-corrected chi connectivity index (χ4v) is 3.93. The van der Waals surface area contributed by atoms with Crippen molar-refractivity contribution in [1.29, 1.82) is 0 Å². The summed E-state index contributed by atoms with van der Waals surface area (Å²) in [5.41, 5.74) is 1.70. The minimum Gasteiger partial charge on any atom is -0.463 e. The molecular weight excluding hydrogens is 452 g/mol. The van der Waals surface area contributed by atoms with Crippen molar-refractivity contribution in [3.63, 3.8) is 0 Å². The van der Waals surface area contributed by atoms with Crippen LogP contribution in [0, 0.1) is 11.8 Å². The van der Waals surface area contributed by atoms with E-state index in [0.717, 1.165) is 18.4 Å². The molecule has 1 fully saturated rings. The number of aromatic nitrogens is 2. The molecule has 4 rings (SSSR count). The van der Waals surface area contributed by atoms with E-state index in [1.165, 1.54) is 24.0 Å². The first kappa shape index (κ1) is 24.2. The normalized spacial score (nSPS) is 19.2. The number of fused-ring (bicyclic) bond motifs is 1. The van der Waals surface area contributed by atoms with E-state index >= 15 is 0 Å². The minimum absolute atomic E-state index is 0.0981. The van der Waals surface area contributed by atoms with Gasteiger partial charge in [0, 0.05) is 38.1 Å². The third kappa shape index (κ3) is 5.97. The molecule has 1 aliphatic heterocycles. The average Bonchev–Trinajstić information content (AvgIpc) is 3.39. The lowest BCUT2D eigenvalue weighted by Crippen LogP contribution is -2.31. The number of hydrogen-bond acceptors (Lipinski definition) is 8. The Kier molecular flexibility index (Phi) is 7.32. The summed E-state index contributed by atoms with van der Waals surface area (Å²) in [6.45, 7) is 4.60. The van der Waals surface area contributed by atoms with Crippen molar-refractivity contribution in [1.82, 2.24) is 9.55 Å². The Bertz CT molecular complexity index is 1340. The second-order valence-corrected chi connectivity index (χ2v) is 8.31. The molecule has 0 spiro atoms. The summed E-state index contributed by atoms with van der Waals surface area (Å²) in [7, 11) is 0. The Morgan fingerprint density at radius 3 is 2.63 bits per heavy atom. The highest BCUT2D eigenvalue weighted by Crippen LogP contribution is 2.31. The second-order valence-electron chi connectivity index (χ2n) is 8.31. The molecule has 3 atom stereocenters. The smallest absolute Gasteiger partial charge is 0.353 e. The van der Waals surface area contributed by atoms with Crippen LogP contribution in [0.2, 0.25) is 0 Å². The van der Waals surface area contributed by atoms with E-state index in [0.29, 0.717) is 11.1 Å².